The Balaban J connectivity index is 2.61. The van der Waals surface area contributed by atoms with Crippen molar-refractivity contribution in [2.24, 2.45) is 0 Å². The van der Waals surface area contributed by atoms with E-state index in [1.165, 1.54) is 26.4 Å². The lowest BCUT2D eigenvalue weighted by molar-refractivity contribution is 0.0456. The number of halogens is 2. The van der Waals surface area contributed by atoms with Crippen LogP contribution in [0.5, 0.6) is 0 Å². The number of ether oxygens (including phenoxy) is 1. The minimum absolute atomic E-state index is 0.173. The Hall–Kier alpha value is -0.580. The van der Waals surface area contributed by atoms with E-state index < -0.39 is 19.4 Å². The average Bonchev–Trinajstić information content (AvgIpc) is 2.67. The van der Waals surface area contributed by atoms with Crippen LogP contribution in [-0.2, 0) is 18.3 Å². The molecule has 1 unspecified atom stereocenters. The molecule has 0 bridgehead atoms. The molecule has 0 fully saturated rings. The molecule has 1 aliphatic heterocycles. The van der Waals surface area contributed by atoms with Crippen molar-refractivity contribution in [1.29, 1.82) is 0 Å². The van der Waals surface area contributed by atoms with Crippen LogP contribution in [-0.4, -0.2) is 20.2 Å². The summed E-state index contributed by atoms with van der Waals surface area (Å²) in [6, 6.07) is 2.84. The Kier molecular flexibility index (Phi) is 3.72. The highest BCUT2D eigenvalue weighted by Crippen LogP contribution is 2.64. The molecule has 0 saturated heterocycles. The van der Waals surface area contributed by atoms with E-state index in [2.05, 4.69) is 0 Å². The number of esters is 1. The van der Waals surface area contributed by atoms with Crippen LogP contribution in [0.3, 0.4) is 0 Å². The second-order valence-electron chi connectivity index (χ2n) is 3.51. The fourth-order valence-corrected chi connectivity index (χ4v) is 3.74. The van der Waals surface area contributed by atoms with E-state index in [0.29, 0.717) is 5.02 Å². The summed E-state index contributed by atoms with van der Waals surface area (Å²) in [5.74, 6) is -1.83. The first-order chi connectivity index (χ1) is 8.42. The lowest BCUT2D eigenvalue weighted by Crippen LogP contribution is -2.03. The van der Waals surface area contributed by atoms with Gasteiger partial charge in [-0.25, -0.2) is 4.79 Å². The number of benzene rings is 1. The molecule has 18 heavy (non-hydrogen) atoms. The normalized spacial score (nSPS) is 18.7. The van der Waals surface area contributed by atoms with Crippen molar-refractivity contribution in [3.63, 3.8) is 0 Å². The van der Waals surface area contributed by atoms with Gasteiger partial charge in [-0.3, -0.25) is 4.57 Å². The van der Waals surface area contributed by atoms with Crippen LogP contribution in [0.2, 0.25) is 10.0 Å². The van der Waals surface area contributed by atoms with Crippen LogP contribution in [0.1, 0.15) is 21.8 Å². The Bertz CT molecular complexity index is 551. The van der Waals surface area contributed by atoms with Gasteiger partial charge in [-0.1, -0.05) is 23.2 Å². The van der Waals surface area contributed by atoms with E-state index >= 15 is 0 Å². The first-order valence-electron chi connectivity index (χ1n) is 4.84. The average molecular weight is 311 g/mol. The van der Waals surface area contributed by atoms with E-state index in [0.717, 1.165) is 0 Å². The number of fused-ring (bicyclic) bond motifs is 1. The van der Waals surface area contributed by atoms with Crippen molar-refractivity contribution < 1.29 is 23.1 Å². The highest BCUT2D eigenvalue weighted by molar-refractivity contribution is 7.54. The second-order valence-corrected chi connectivity index (χ2v) is 6.63. The molecule has 0 radical (unpaired) electrons. The number of carbonyl (C=O) groups is 1. The van der Waals surface area contributed by atoms with Crippen molar-refractivity contribution in [1.82, 2.24) is 0 Å². The van der Waals surface area contributed by atoms with Gasteiger partial charge in [-0.05, 0) is 12.1 Å². The van der Waals surface area contributed by atoms with Gasteiger partial charge in [0, 0.05) is 24.8 Å². The molecule has 0 aromatic heterocycles. The Morgan fingerprint density at radius 2 is 1.89 bits per heavy atom. The number of rotatable bonds is 3. The third-order valence-electron chi connectivity index (χ3n) is 2.58. The van der Waals surface area contributed by atoms with Crippen LogP contribution in [0.25, 0.3) is 0 Å². The largest absolute Gasteiger partial charge is 0.441 e. The van der Waals surface area contributed by atoms with Crippen LogP contribution in [0.15, 0.2) is 12.1 Å². The van der Waals surface area contributed by atoms with Crippen LogP contribution < -0.4 is 0 Å². The molecule has 0 saturated carbocycles. The molecule has 0 spiro atoms. The molecule has 0 amide bonds. The summed E-state index contributed by atoms with van der Waals surface area (Å²) in [6.07, 6.45) is 0. The second kappa shape index (κ2) is 4.83. The van der Waals surface area contributed by atoms with Crippen molar-refractivity contribution >= 4 is 36.8 Å². The van der Waals surface area contributed by atoms with Crippen molar-refractivity contribution in [2.75, 3.05) is 14.2 Å². The summed E-state index contributed by atoms with van der Waals surface area (Å²) in [4.78, 5) is 11.7. The summed E-state index contributed by atoms with van der Waals surface area (Å²) >= 11 is 11.8. The first kappa shape index (κ1) is 13.8. The molecule has 5 nitrogen and oxygen atoms in total. The standard InChI is InChI=1S/C10H9Cl2O5P/c1-15-18(14,16-2)10-8-6(9(13)17-10)3-5(11)4-7(8)12/h3-4,10H,1-2H3. The lowest BCUT2D eigenvalue weighted by atomic mass is 10.1. The van der Waals surface area contributed by atoms with E-state index in [1.54, 1.807) is 0 Å². The van der Waals surface area contributed by atoms with Gasteiger partial charge in [-0.15, -0.1) is 0 Å². The molecule has 1 aromatic carbocycles. The highest BCUT2D eigenvalue weighted by Gasteiger charge is 2.47. The summed E-state index contributed by atoms with van der Waals surface area (Å²) in [6.45, 7) is 0. The maximum Gasteiger partial charge on any atom is 0.375 e. The van der Waals surface area contributed by atoms with E-state index in [4.69, 9.17) is 37.0 Å². The minimum atomic E-state index is -3.61. The van der Waals surface area contributed by atoms with E-state index in [1.807, 2.05) is 0 Å². The zero-order valence-electron chi connectivity index (χ0n) is 9.48. The van der Waals surface area contributed by atoms with Crippen molar-refractivity contribution in [3.05, 3.63) is 33.3 Å². The number of cyclic esters (lactones) is 1. The number of hydrogen-bond donors (Lipinski definition) is 0. The molecule has 98 valence electrons. The van der Waals surface area contributed by atoms with Gasteiger partial charge in [0.25, 0.3) is 0 Å². The van der Waals surface area contributed by atoms with Gasteiger partial charge in [0.1, 0.15) is 0 Å². The lowest BCUT2D eigenvalue weighted by Gasteiger charge is -2.20. The summed E-state index contributed by atoms with van der Waals surface area (Å²) in [5, 5.41) is 0.476. The van der Waals surface area contributed by atoms with Crippen LogP contribution in [0.4, 0.5) is 0 Å². The van der Waals surface area contributed by atoms with Crippen molar-refractivity contribution in [3.8, 4) is 0 Å². The highest BCUT2D eigenvalue weighted by atomic mass is 35.5. The fourth-order valence-electron chi connectivity index (χ4n) is 1.72. The molecular formula is C10H9Cl2O5P. The van der Waals surface area contributed by atoms with Crippen molar-refractivity contribution in [2.45, 2.75) is 5.85 Å². The third kappa shape index (κ3) is 2.06. The SMILES string of the molecule is COP(=O)(OC)C1OC(=O)c2cc(Cl)cc(Cl)c21. The smallest absolute Gasteiger partial charge is 0.375 e. The predicted octanol–water partition coefficient (Wildman–Crippen LogP) is 3.65. The van der Waals surface area contributed by atoms with Gasteiger partial charge in [0.15, 0.2) is 0 Å². The van der Waals surface area contributed by atoms with Crippen LogP contribution in [0, 0.1) is 0 Å². The minimum Gasteiger partial charge on any atom is -0.441 e. The molecule has 0 aliphatic carbocycles. The monoisotopic (exact) mass is 310 g/mol. The summed E-state index contributed by atoms with van der Waals surface area (Å²) in [7, 11) is -1.19. The number of hydrogen-bond acceptors (Lipinski definition) is 5. The Labute approximate surface area is 113 Å². The maximum absolute atomic E-state index is 12.3. The van der Waals surface area contributed by atoms with Gasteiger partial charge in [0.05, 0.1) is 10.6 Å². The van der Waals surface area contributed by atoms with E-state index in [9.17, 15) is 9.36 Å². The molecule has 1 aliphatic rings. The Morgan fingerprint density at radius 1 is 1.28 bits per heavy atom. The number of carbonyl (C=O) groups excluding carboxylic acids is 1. The molecule has 2 rings (SSSR count). The molecule has 1 heterocycles. The third-order valence-corrected chi connectivity index (χ3v) is 5.06. The molecule has 8 heteroatoms. The molecule has 0 N–H and O–H groups in total. The zero-order chi connectivity index (χ0) is 13.5. The molecule has 1 atom stereocenters. The van der Waals surface area contributed by atoms with Crippen LogP contribution >= 0.6 is 30.8 Å². The van der Waals surface area contributed by atoms with Gasteiger partial charge >= 0.3 is 13.6 Å². The summed E-state index contributed by atoms with van der Waals surface area (Å²) < 4.78 is 27.0. The maximum atomic E-state index is 12.3. The fraction of sp³-hybridized carbons (Fsp3) is 0.300. The zero-order valence-corrected chi connectivity index (χ0v) is 11.9. The van der Waals surface area contributed by atoms with Gasteiger partial charge in [-0.2, -0.15) is 0 Å². The quantitative estimate of drug-likeness (QED) is 0.630. The predicted molar refractivity (Wildman–Crippen MR) is 66.2 cm³/mol. The summed E-state index contributed by atoms with van der Waals surface area (Å²) in [5.41, 5.74) is 0.449. The Morgan fingerprint density at radius 3 is 2.44 bits per heavy atom. The first-order valence-corrected chi connectivity index (χ1v) is 7.21. The van der Waals surface area contributed by atoms with Gasteiger partial charge in [0.2, 0.25) is 5.85 Å². The molecular weight excluding hydrogens is 302 g/mol. The topological polar surface area (TPSA) is 61.8 Å². The molecule has 1 aromatic rings. The van der Waals surface area contributed by atoms with E-state index in [-0.39, 0.29) is 16.1 Å². The van der Waals surface area contributed by atoms with Gasteiger partial charge < -0.3 is 13.8 Å².